The molecule has 7 heteroatoms. The van der Waals surface area contributed by atoms with E-state index in [1.165, 1.54) is 28.7 Å². The summed E-state index contributed by atoms with van der Waals surface area (Å²) in [5.74, 6) is 1.40. The van der Waals surface area contributed by atoms with Gasteiger partial charge >= 0.3 is 0 Å². The van der Waals surface area contributed by atoms with E-state index in [1.807, 2.05) is 12.1 Å². The molecule has 0 aliphatic heterocycles. The second kappa shape index (κ2) is 5.97. The highest BCUT2D eigenvalue weighted by Gasteiger charge is 2.20. The predicted molar refractivity (Wildman–Crippen MR) is 98.6 cm³/mol. The molecule has 3 heterocycles. The molecule has 1 aliphatic rings. The van der Waals surface area contributed by atoms with Crippen LogP contribution in [0.15, 0.2) is 30.6 Å². The molecule has 5 rings (SSSR count). The van der Waals surface area contributed by atoms with E-state index in [9.17, 15) is 0 Å². The highest BCUT2D eigenvalue weighted by atomic mass is 35.5. The van der Waals surface area contributed by atoms with Crippen molar-refractivity contribution in [2.45, 2.75) is 32.3 Å². The van der Waals surface area contributed by atoms with Crippen LogP contribution in [0.5, 0.6) is 5.75 Å². The molecule has 126 valence electrons. The van der Waals surface area contributed by atoms with Crippen LogP contribution in [0.1, 0.15) is 29.1 Å². The van der Waals surface area contributed by atoms with Crippen LogP contribution < -0.4 is 4.74 Å². The standard InChI is InChI=1S/C18H15ClN4OS/c19-11-5-7-12(8-6-11)24-9-15-21-17-16-13-3-1-2-4-14(13)25-18(16)20-10-23(17)22-15/h5-8,10H,1-4,9H2. The van der Waals surface area contributed by atoms with E-state index in [-0.39, 0.29) is 0 Å². The highest BCUT2D eigenvalue weighted by Crippen LogP contribution is 2.36. The monoisotopic (exact) mass is 370 g/mol. The van der Waals surface area contributed by atoms with E-state index in [2.05, 4.69) is 10.1 Å². The lowest BCUT2D eigenvalue weighted by Crippen LogP contribution is -1.99. The summed E-state index contributed by atoms with van der Waals surface area (Å²) >= 11 is 7.69. The molecule has 0 amide bonds. The van der Waals surface area contributed by atoms with Gasteiger partial charge in [-0.15, -0.1) is 16.4 Å². The number of aryl methyl sites for hydroxylation is 2. The number of benzene rings is 1. The van der Waals surface area contributed by atoms with Crippen LogP contribution in [-0.2, 0) is 19.4 Å². The number of hydrogen-bond donors (Lipinski definition) is 0. The summed E-state index contributed by atoms with van der Waals surface area (Å²) in [6.07, 6.45) is 6.52. The van der Waals surface area contributed by atoms with Gasteiger partial charge in [0.2, 0.25) is 0 Å². The van der Waals surface area contributed by atoms with Crippen LogP contribution in [0.4, 0.5) is 0 Å². The predicted octanol–water partition coefficient (Wildman–Crippen LogP) is 4.45. The first kappa shape index (κ1) is 15.1. The van der Waals surface area contributed by atoms with Crippen LogP contribution in [0, 0.1) is 0 Å². The first-order valence-corrected chi connectivity index (χ1v) is 9.50. The molecule has 0 N–H and O–H groups in total. The molecule has 1 aromatic carbocycles. The van der Waals surface area contributed by atoms with Crippen molar-refractivity contribution in [1.29, 1.82) is 0 Å². The van der Waals surface area contributed by atoms with Gasteiger partial charge in [0.25, 0.3) is 0 Å². The third-order valence-corrected chi connectivity index (χ3v) is 5.97. The molecule has 3 aromatic heterocycles. The van der Waals surface area contributed by atoms with Gasteiger partial charge in [0.1, 0.15) is 23.5 Å². The van der Waals surface area contributed by atoms with E-state index >= 15 is 0 Å². The number of nitrogens with zero attached hydrogens (tertiary/aromatic N) is 4. The molecule has 25 heavy (non-hydrogen) atoms. The number of rotatable bonds is 3. The molecule has 5 nitrogen and oxygen atoms in total. The molecule has 0 atom stereocenters. The largest absolute Gasteiger partial charge is 0.486 e. The fourth-order valence-electron chi connectivity index (χ4n) is 3.34. The normalized spacial score (nSPS) is 14.1. The molecule has 0 bridgehead atoms. The summed E-state index contributed by atoms with van der Waals surface area (Å²) in [6, 6.07) is 7.29. The molecule has 4 aromatic rings. The molecule has 0 saturated heterocycles. The number of thiophene rings is 1. The Hall–Kier alpha value is -2.18. The Morgan fingerprint density at radius 2 is 2.00 bits per heavy atom. The molecule has 0 saturated carbocycles. The van der Waals surface area contributed by atoms with Gasteiger partial charge in [-0.2, -0.15) is 0 Å². The zero-order valence-electron chi connectivity index (χ0n) is 13.4. The average Bonchev–Trinajstić information content (AvgIpc) is 3.21. The topological polar surface area (TPSA) is 52.3 Å². The third kappa shape index (κ3) is 2.65. The van der Waals surface area contributed by atoms with Gasteiger partial charge in [-0.1, -0.05) is 11.6 Å². The van der Waals surface area contributed by atoms with E-state index in [0.717, 1.165) is 29.1 Å². The Morgan fingerprint density at radius 3 is 2.88 bits per heavy atom. The first-order chi connectivity index (χ1) is 12.3. The Labute approximate surface area is 153 Å². The van der Waals surface area contributed by atoms with Gasteiger partial charge < -0.3 is 4.74 Å². The number of halogens is 1. The molecule has 0 unspecified atom stereocenters. The number of hydrogen-bond acceptors (Lipinski definition) is 5. The van der Waals surface area contributed by atoms with Crippen molar-refractivity contribution in [2.24, 2.45) is 0 Å². The maximum atomic E-state index is 5.90. The highest BCUT2D eigenvalue weighted by molar-refractivity contribution is 7.19. The Bertz CT molecular complexity index is 1070. The minimum Gasteiger partial charge on any atom is -0.486 e. The number of fused-ring (bicyclic) bond motifs is 5. The molecule has 0 spiro atoms. The van der Waals surface area contributed by atoms with Crippen LogP contribution in [0.3, 0.4) is 0 Å². The van der Waals surface area contributed by atoms with E-state index in [1.54, 1.807) is 34.3 Å². The molecular weight excluding hydrogens is 356 g/mol. The summed E-state index contributed by atoms with van der Waals surface area (Å²) in [5.41, 5.74) is 2.31. The van der Waals surface area contributed by atoms with E-state index in [4.69, 9.17) is 21.3 Å². The molecule has 0 fully saturated rings. The van der Waals surface area contributed by atoms with Crippen molar-refractivity contribution in [3.05, 3.63) is 51.9 Å². The average molecular weight is 371 g/mol. The summed E-state index contributed by atoms with van der Waals surface area (Å²) < 4.78 is 7.54. The van der Waals surface area contributed by atoms with Crippen LogP contribution in [0.25, 0.3) is 15.9 Å². The smallest absolute Gasteiger partial charge is 0.189 e. The molecular formula is C18H15ClN4OS. The number of ether oxygens (including phenoxy) is 1. The minimum absolute atomic E-state index is 0.317. The molecule has 1 aliphatic carbocycles. The lowest BCUT2D eigenvalue weighted by atomic mass is 9.97. The second-order valence-corrected chi connectivity index (χ2v) is 7.69. The van der Waals surface area contributed by atoms with Crippen molar-refractivity contribution < 1.29 is 4.74 Å². The van der Waals surface area contributed by atoms with Crippen molar-refractivity contribution in [3.63, 3.8) is 0 Å². The second-order valence-electron chi connectivity index (χ2n) is 6.17. The van der Waals surface area contributed by atoms with Crippen molar-refractivity contribution >= 4 is 38.8 Å². The molecule has 0 radical (unpaired) electrons. The Balaban J connectivity index is 1.51. The van der Waals surface area contributed by atoms with Crippen molar-refractivity contribution in [2.75, 3.05) is 0 Å². The zero-order chi connectivity index (χ0) is 16.8. The maximum Gasteiger partial charge on any atom is 0.189 e. The maximum absolute atomic E-state index is 5.90. The van der Waals surface area contributed by atoms with E-state index in [0.29, 0.717) is 17.5 Å². The van der Waals surface area contributed by atoms with Crippen LogP contribution in [0.2, 0.25) is 5.02 Å². The summed E-state index contributed by atoms with van der Waals surface area (Å²) in [7, 11) is 0. The van der Waals surface area contributed by atoms with Crippen LogP contribution >= 0.6 is 22.9 Å². The van der Waals surface area contributed by atoms with Gasteiger partial charge in [0, 0.05) is 9.90 Å². The zero-order valence-corrected chi connectivity index (χ0v) is 15.0. The minimum atomic E-state index is 0.317. The SMILES string of the molecule is Clc1ccc(OCc2nc3c4c5c(sc4ncn3n2)CCCC5)cc1. The fourth-order valence-corrected chi connectivity index (χ4v) is 4.69. The van der Waals surface area contributed by atoms with Gasteiger partial charge in [0.05, 0.1) is 5.39 Å². The van der Waals surface area contributed by atoms with Crippen molar-refractivity contribution in [1.82, 2.24) is 19.6 Å². The quantitative estimate of drug-likeness (QED) is 0.534. The lowest BCUT2D eigenvalue weighted by molar-refractivity contribution is 0.296. The number of aromatic nitrogens is 4. The van der Waals surface area contributed by atoms with Gasteiger partial charge in [0.15, 0.2) is 11.5 Å². The first-order valence-electron chi connectivity index (χ1n) is 8.31. The van der Waals surface area contributed by atoms with Crippen molar-refractivity contribution in [3.8, 4) is 5.75 Å². The van der Waals surface area contributed by atoms with E-state index < -0.39 is 0 Å². The Kier molecular flexibility index (Phi) is 3.60. The van der Waals surface area contributed by atoms with Gasteiger partial charge in [-0.05, 0) is 55.5 Å². The van der Waals surface area contributed by atoms with Gasteiger partial charge in [-0.3, -0.25) is 0 Å². The fraction of sp³-hybridized carbons (Fsp3) is 0.278. The summed E-state index contributed by atoms with van der Waals surface area (Å²) in [6.45, 7) is 0.317. The third-order valence-electron chi connectivity index (χ3n) is 4.52. The lowest BCUT2D eigenvalue weighted by Gasteiger charge is -2.09. The Morgan fingerprint density at radius 1 is 1.16 bits per heavy atom. The van der Waals surface area contributed by atoms with Crippen LogP contribution in [-0.4, -0.2) is 19.6 Å². The summed E-state index contributed by atoms with van der Waals surface area (Å²) in [4.78, 5) is 11.8. The summed E-state index contributed by atoms with van der Waals surface area (Å²) in [5, 5.41) is 6.38. The van der Waals surface area contributed by atoms with Gasteiger partial charge in [-0.25, -0.2) is 14.5 Å².